The molecule has 1 atom stereocenters. The summed E-state index contributed by atoms with van der Waals surface area (Å²) < 4.78 is 0.261. The SMILES string of the molecule is CC(C(=O)NCCCCCC(=O)O)N1C(=O)/C(=C/c2ccc([N+](=O)[O-])cc2)SC1=S. The van der Waals surface area contributed by atoms with Gasteiger partial charge in [0, 0.05) is 25.1 Å². The van der Waals surface area contributed by atoms with Gasteiger partial charge in [-0.05, 0) is 43.5 Å². The Morgan fingerprint density at radius 2 is 1.97 bits per heavy atom. The number of nitro benzene ring substituents is 1. The van der Waals surface area contributed by atoms with Crippen molar-refractivity contribution >= 4 is 57.8 Å². The molecule has 1 aliphatic heterocycles. The molecule has 2 rings (SSSR count). The number of unbranched alkanes of at least 4 members (excludes halogenated alkanes) is 2. The van der Waals surface area contributed by atoms with Gasteiger partial charge in [-0.3, -0.25) is 29.4 Å². The van der Waals surface area contributed by atoms with Crippen LogP contribution >= 0.6 is 24.0 Å². The van der Waals surface area contributed by atoms with E-state index >= 15 is 0 Å². The van der Waals surface area contributed by atoms with Crippen molar-refractivity contribution in [3.05, 3.63) is 44.8 Å². The molecular formula is C19H21N3O6S2. The summed E-state index contributed by atoms with van der Waals surface area (Å²) in [4.78, 5) is 47.4. The zero-order chi connectivity index (χ0) is 22.3. The molecule has 1 fully saturated rings. The summed E-state index contributed by atoms with van der Waals surface area (Å²) in [7, 11) is 0. The number of nitro groups is 1. The van der Waals surface area contributed by atoms with Gasteiger partial charge in [-0.15, -0.1) is 0 Å². The summed E-state index contributed by atoms with van der Waals surface area (Å²) in [6, 6.07) is 4.97. The van der Waals surface area contributed by atoms with E-state index in [1.807, 2.05) is 0 Å². The highest BCUT2D eigenvalue weighted by atomic mass is 32.2. The number of amides is 2. The Hall–Kier alpha value is -2.79. The second kappa shape index (κ2) is 10.8. The number of thiocarbonyl (C=S) groups is 1. The number of thioether (sulfide) groups is 1. The predicted molar refractivity (Wildman–Crippen MR) is 117 cm³/mol. The van der Waals surface area contributed by atoms with E-state index in [0.717, 1.165) is 11.8 Å². The summed E-state index contributed by atoms with van der Waals surface area (Å²) in [6.07, 6.45) is 3.55. The van der Waals surface area contributed by atoms with Gasteiger partial charge in [-0.1, -0.05) is 30.4 Å². The lowest BCUT2D eigenvalue weighted by molar-refractivity contribution is -0.384. The van der Waals surface area contributed by atoms with Crippen LogP contribution < -0.4 is 5.32 Å². The monoisotopic (exact) mass is 451 g/mol. The first-order chi connectivity index (χ1) is 14.2. The van der Waals surface area contributed by atoms with Crippen molar-refractivity contribution in [3.63, 3.8) is 0 Å². The fourth-order valence-electron chi connectivity index (χ4n) is 2.71. The van der Waals surface area contributed by atoms with Gasteiger partial charge in [0.1, 0.15) is 10.4 Å². The van der Waals surface area contributed by atoms with E-state index in [4.69, 9.17) is 17.3 Å². The molecular weight excluding hydrogens is 430 g/mol. The molecule has 160 valence electrons. The molecule has 30 heavy (non-hydrogen) atoms. The number of hydrogen-bond acceptors (Lipinski definition) is 7. The number of rotatable bonds is 10. The molecule has 1 aliphatic rings. The largest absolute Gasteiger partial charge is 0.481 e. The number of carbonyl (C=O) groups is 3. The molecule has 1 heterocycles. The van der Waals surface area contributed by atoms with Crippen LogP contribution in [0.15, 0.2) is 29.2 Å². The van der Waals surface area contributed by atoms with Crippen LogP contribution in [-0.2, 0) is 14.4 Å². The maximum atomic E-state index is 12.7. The van der Waals surface area contributed by atoms with Gasteiger partial charge in [-0.2, -0.15) is 0 Å². The van der Waals surface area contributed by atoms with E-state index in [2.05, 4.69) is 5.32 Å². The number of carbonyl (C=O) groups excluding carboxylic acids is 2. The number of aliphatic carboxylic acids is 1. The number of non-ortho nitro benzene ring substituents is 1. The normalized spacial score (nSPS) is 16.0. The van der Waals surface area contributed by atoms with Crippen molar-refractivity contribution in [3.8, 4) is 0 Å². The van der Waals surface area contributed by atoms with Crippen molar-refractivity contribution in [1.82, 2.24) is 10.2 Å². The molecule has 2 N–H and O–H groups in total. The maximum Gasteiger partial charge on any atom is 0.303 e. The summed E-state index contributed by atoms with van der Waals surface area (Å²) >= 11 is 6.33. The summed E-state index contributed by atoms with van der Waals surface area (Å²) in [5.41, 5.74) is 0.563. The number of carboxylic acids is 1. The molecule has 0 saturated carbocycles. The first kappa shape index (κ1) is 23.5. The Morgan fingerprint density at radius 3 is 2.57 bits per heavy atom. The van der Waals surface area contributed by atoms with Crippen LogP contribution in [0.2, 0.25) is 0 Å². The first-order valence-electron chi connectivity index (χ1n) is 9.21. The molecule has 1 saturated heterocycles. The van der Waals surface area contributed by atoms with E-state index in [1.54, 1.807) is 13.0 Å². The summed E-state index contributed by atoms with van der Waals surface area (Å²) in [5, 5.41) is 22.1. The van der Waals surface area contributed by atoms with Crippen molar-refractivity contribution < 1.29 is 24.4 Å². The molecule has 1 aromatic carbocycles. The Morgan fingerprint density at radius 1 is 1.30 bits per heavy atom. The van der Waals surface area contributed by atoms with E-state index in [0.29, 0.717) is 36.3 Å². The highest BCUT2D eigenvalue weighted by Crippen LogP contribution is 2.34. The Labute approximate surface area is 182 Å². The van der Waals surface area contributed by atoms with Crippen LogP contribution in [0.3, 0.4) is 0 Å². The molecule has 0 bridgehead atoms. The minimum Gasteiger partial charge on any atom is -0.481 e. The lowest BCUT2D eigenvalue weighted by Crippen LogP contribution is -2.47. The van der Waals surface area contributed by atoms with Gasteiger partial charge < -0.3 is 10.4 Å². The number of nitrogens with one attached hydrogen (secondary N) is 1. The second-order valence-corrected chi connectivity index (χ2v) is 8.25. The smallest absolute Gasteiger partial charge is 0.303 e. The lowest BCUT2D eigenvalue weighted by atomic mass is 10.2. The molecule has 0 radical (unpaired) electrons. The van der Waals surface area contributed by atoms with Crippen LogP contribution in [-0.4, -0.2) is 49.6 Å². The highest BCUT2D eigenvalue weighted by Gasteiger charge is 2.38. The van der Waals surface area contributed by atoms with E-state index in [9.17, 15) is 24.5 Å². The van der Waals surface area contributed by atoms with Crippen LogP contribution in [0.4, 0.5) is 5.69 Å². The van der Waals surface area contributed by atoms with Crippen LogP contribution in [0.5, 0.6) is 0 Å². The lowest BCUT2D eigenvalue weighted by Gasteiger charge is -2.22. The fourth-order valence-corrected chi connectivity index (χ4v) is 4.13. The van der Waals surface area contributed by atoms with Gasteiger partial charge in [0.2, 0.25) is 5.91 Å². The molecule has 1 aromatic rings. The standard InChI is InChI=1S/C19H21N3O6S2/c1-12(17(25)20-10-4-2-3-5-16(23)24)21-18(26)15(30-19(21)29)11-13-6-8-14(9-7-13)22(27)28/h6-9,11-12H,2-5,10H2,1H3,(H,20,25)(H,23,24)/b15-11-. The topological polar surface area (TPSA) is 130 Å². The number of hydrogen-bond donors (Lipinski definition) is 2. The summed E-state index contributed by atoms with van der Waals surface area (Å²) in [5.74, 6) is -1.59. The van der Waals surface area contributed by atoms with E-state index in [-0.39, 0.29) is 22.3 Å². The molecule has 9 nitrogen and oxygen atoms in total. The number of nitrogens with zero attached hydrogens (tertiary/aromatic N) is 2. The third kappa shape index (κ3) is 6.36. The van der Waals surface area contributed by atoms with Gasteiger partial charge in [-0.25, -0.2) is 0 Å². The van der Waals surface area contributed by atoms with Gasteiger partial charge >= 0.3 is 5.97 Å². The van der Waals surface area contributed by atoms with Crippen LogP contribution in [0.25, 0.3) is 6.08 Å². The third-order valence-corrected chi connectivity index (χ3v) is 5.69. The fraction of sp³-hybridized carbons (Fsp3) is 0.368. The third-order valence-electron chi connectivity index (χ3n) is 4.36. The van der Waals surface area contributed by atoms with Crippen molar-refractivity contribution in [1.29, 1.82) is 0 Å². The zero-order valence-corrected chi connectivity index (χ0v) is 17.8. The van der Waals surface area contributed by atoms with E-state index in [1.165, 1.54) is 29.2 Å². The molecule has 11 heteroatoms. The number of carboxylic acid groups (broad SMARTS) is 1. The van der Waals surface area contributed by atoms with Crippen molar-refractivity contribution in [2.24, 2.45) is 0 Å². The van der Waals surface area contributed by atoms with Crippen molar-refractivity contribution in [2.45, 2.75) is 38.6 Å². The number of benzene rings is 1. The van der Waals surface area contributed by atoms with Gasteiger partial charge in [0.05, 0.1) is 9.83 Å². The minimum atomic E-state index is -0.844. The average molecular weight is 452 g/mol. The van der Waals surface area contributed by atoms with Crippen LogP contribution in [0, 0.1) is 10.1 Å². The molecule has 0 aliphatic carbocycles. The highest BCUT2D eigenvalue weighted by molar-refractivity contribution is 8.26. The first-order valence-corrected chi connectivity index (χ1v) is 10.4. The van der Waals surface area contributed by atoms with Gasteiger partial charge in [0.15, 0.2) is 0 Å². The van der Waals surface area contributed by atoms with Crippen molar-refractivity contribution in [2.75, 3.05) is 6.54 Å². The predicted octanol–water partition coefficient (Wildman–Crippen LogP) is 2.95. The Kier molecular flexibility index (Phi) is 8.48. The second-order valence-electron chi connectivity index (χ2n) is 6.57. The quantitative estimate of drug-likeness (QED) is 0.183. The molecule has 0 spiro atoms. The van der Waals surface area contributed by atoms with E-state index < -0.39 is 22.8 Å². The Bertz CT molecular complexity index is 885. The molecule has 0 aromatic heterocycles. The average Bonchev–Trinajstić information content (AvgIpc) is 2.97. The Balaban J connectivity index is 1.93. The maximum absolute atomic E-state index is 12.7. The minimum absolute atomic E-state index is 0.0482. The van der Waals surface area contributed by atoms with Gasteiger partial charge in [0.25, 0.3) is 11.6 Å². The molecule has 1 unspecified atom stereocenters. The van der Waals surface area contributed by atoms with Crippen LogP contribution in [0.1, 0.15) is 38.2 Å². The molecule has 2 amide bonds. The summed E-state index contributed by atoms with van der Waals surface area (Å²) in [6.45, 7) is 1.97. The zero-order valence-electron chi connectivity index (χ0n) is 16.2.